The van der Waals surface area contributed by atoms with Crippen LogP contribution in [0.25, 0.3) is 0 Å². The quantitative estimate of drug-likeness (QED) is 0.588. The minimum absolute atomic E-state index is 0.140. The molecular formula is C9H11N7O3. The number of imidazole rings is 1. The summed E-state index contributed by atoms with van der Waals surface area (Å²) in [6.07, 6.45) is 2.72. The molecular weight excluding hydrogens is 254 g/mol. The van der Waals surface area contributed by atoms with Crippen molar-refractivity contribution in [2.45, 2.75) is 19.9 Å². The summed E-state index contributed by atoms with van der Waals surface area (Å²) in [5.74, 6) is 0.278. The minimum atomic E-state index is -0.590. The molecule has 1 amide bonds. The van der Waals surface area contributed by atoms with Gasteiger partial charge in [0.25, 0.3) is 0 Å². The maximum absolute atomic E-state index is 11.6. The molecule has 0 atom stereocenters. The van der Waals surface area contributed by atoms with Gasteiger partial charge in [-0.05, 0) is 16.8 Å². The first-order valence-corrected chi connectivity index (χ1v) is 5.39. The number of H-pyrrole nitrogens is 1. The van der Waals surface area contributed by atoms with Gasteiger partial charge in [0.2, 0.25) is 18.2 Å². The third-order valence-corrected chi connectivity index (χ3v) is 2.25. The highest BCUT2D eigenvalue weighted by Crippen LogP contribution is 2.06. The summed E-state index contributed by atoms with van der Waals surface area (Å²) in [6.45, 7) is 2.00. The van der Waals surface area contributed by atoms with Crippen molar-refractivity contribution in [2.24, 2.45) is 0 Å². The van der Waals surface area contributed by atoms with Gasteiger partial charge in [0.1, 0.15) is 12.0 Å². The first kappa shape index (κ1) is 12.7. The molecule has 10 heteroatoms. The summed E-state index contributed by atoms with van der Waals surface area (Å²) >= 11 is 0. The zero-order valence-corrected chi connectivity index (χ0v) is 10.0. The van der Waals surface area contributed by atoms with Crippen LogP contribution in [0.4, 0.5) is 11.8 Å². The van der Waals surface area contributed by atoms with Gasteiger partial charge >= 0.3 is 5.82 Å². The molecule has 0 aromatic carbocycles. The molecule has 0 aliphatic heterocycles. The van der Waals surface area contributed by atoms with E-state index in [1.807, 2.05) is 0 Å². The maximum atomic E-state index is 11.6. The Hall–Kier alpha value is -2.78. The van der Waals surface area contributed by atoms with E-state index in [2.05, 4.69) is 25.5 Å². The van der Waals surface area contributed by atoms with Crippen LogP contribution in [0.15, 0.2) is 12.5 Å². The molecule has 0 spiro atoms. The third kappa shape index (κ3) is 3.34. The Morgan fingerprint density at radius 1 is 1.63 bits per heavy atom. The highest BCUT2D eigenvalue weighted by Gasteiger charge is 2.11. The number of amides is 1. The average molecular weight is 265 g/mol. The largest absolute Gasteiger partial charge is 0.381 e. The lowest BCUT2D eigenvalue weighted by atomic mass is 10.4. The monoisotopic (exact) mass is 265 g/mol. The number of nitrogens with zero attached hydrogens (tertiary/aromatic N) is 5. The van der Waals surface area contributed by atoms with Gasteiger partial charge in [-0.15, -0.1) is 5.10 Å². The van der Waals surface area contributed by atoms with Gasteiger partial charge in [-0.25, -0.2) is 0 Å². The molecule has 10 nitrogen and oxygen atoms in total. The molecule has 0 radical (unpaired) electrons. The topological polar surface area (TPSA) is 132 Å². The second-order valence-electron chi connectivity index (χ2n) is 3.77. The Bertz CT molecular complexity index is 602. The van der Waals surface area contributed by atoms with Crippen LogP contribution >= 0.6 is 0 Å². The lowest BCUT2D eigenvalue weighted by molar-refractivity contribution is -0.389. The lowest BCUT2D eigenvalue weighted by Crippen LogP contribution is -2.15. The number of nitro groups is 1. The SMILES string of the molecule is Cc1nc(NC(=O)CCn2cnc([N+](=O)[O-])c2)n[nH]1. The van der Waals surface area contributed by atoms with E-state index in [0.29, 0.717) is 5.82 Å². The van der Waals surface area contributed by atoms with E-state index in [1.54, 1.807) is 6.92 Å². The normalized spacial score (nSPS) is 10.4. The maximum Gasteiger partial charge on any atom is 0.381 e. The Morgan fingerprint density at radius 3 is 3.00 bits per heavy atom. The van der Waals surface area contributed by atoms with E-state index in [9.17, 15) is 14.9 Å². The van der Waals surface area contributed by atoms with Crippen LogP contribution < -0.4 is 5.32 Å². The van der Waals surface area contributed by atoms with E-state index >= 15 is 0 Å². The van der Waals surface area contributed by atoms with Gasteiger partial charge in [-0.1, -0.05) is 0 Å². The number of carbonyl (C=O) groups is 1. The Balaban J connectivity index is 1.84. The molecule has 19 heavy (non-hydrogen) atoms. The van der Waals surface area contributed by atoms with Crippen molar-refractivity contribution in [3.63, 3.8) is 0 Å². The molecule has 0 saturated carbocycles. The van der Waals surface area contributed by atoms with E-state index in [1.165, 1.54) is 17.1 Å². The molecule has 0 bridgehead atoms. The number of anilines is 1. The average Bonchev–Trinajstić information content (AvgIpc) is 2.96. The van der Waals surface area contributed by atoms with Crippen molar-refractivity contribution in [1.29, 1.82) is 0 Å². The summed E-state index contributed by atoms with van der Waals surface area (Å²) in [5.41, 5.74) is 0. The second kappa shape index (κ2) is 5.25. The standard InChI is InChI=1S/C9H11N7O3/c1-6-11-9(14-13-6)12-8(17)2-3-15-4-7(10-5-15)16(18)19/h4-5H,2-3H2,1H3,(H2,11,12,13,14,17). The van der Waals surface area contributed by atoms with Crippen LogP contribution in [0.5, 0.6) is 0 Å². The van der Waals surface area contributed by atoms with Crippen LogP contribution in [-0.4, -0.2) is 35.6 Å². The highest BCUT2D eigenvalue weighted by atomic mass is 16.6. The van der Waals surface area contributed by atoms with Crippen LogP contribution in [0.3, 0.4) is 0 Å². The first-order chi connectivity index (χ1) is 9.04. The van der Waals surface area contributed by atoms with Gasteiger partial charge in [-0.3, -0.25) is 15.2 Å². The van der Waals surface area contributed by atoms with Crippen molar-refractivity contribution in [3.05, 3.63) is 28.5 Å². The van der Waals surface area contributed by atoms with Gasteiger partial charge in [0.05, 0.1) is 0 Å². The van der Waals surface area contributed by atoms with Crippen LogP contribution in [0.1, 0.15) is 12.2 Å². The number of aryl methyl sites for hydroxylation is 2. The van der Waals surface area contributed by atoms with E-state index in [-0.39, 0.29) is 30.6 Å². The van der Waals surface area contributed by atoms with Gasteiger partial charge in [-0.2, -0.15) is 4.98 Å². The summed E-state index contributed by atoms with van der Waals surface area (Å²) in [4.78, 5) is 28.9. The van der Waals surface area contributed by atoms with Gasteiger partial charge < -0.3 is 14.7 Å². The van der Waals surface area contributed by atoms with Crippen molar-refractivity contribution < 1.29 is 9.72 Å². The van der Waals surface area contributed by atoms with Crippen LogP contribution in [0, 0.1) is 17.0 Å². The van der Waals surface area contributed by atoms with Crippen molar-refractivity contribution >= 4 is 17.7 Å². The predicted octanol–water partition coefficient (Wildman–Crippen LogP) is 0.247. The number of hydrogen-bond acceptors (Lipinski definition) is 6. The molecule has 2 N–H and O–H groups in total. The molecule has 0 aliphatic carbocycles. The molecule has 2 rings (SSSR count). The number of nitrogens with one attached hydrogen (secondary N) is 2. The summed E-state index contributed by atoms with van der Waals surface area (Å²) < 4.78 is 1.47. The number of carbonyl (C=O) groups excluding carboxylic acids is 1. The Labute approximate surface area is 107 Å². The van der Waals surface area contributed by atoms with E-state index < -0.39 is 4.92 Å². The smallest absolute Gasteiger partial charge is 0.358 e. The van der Waals surface area contributed by atoms with Crippen molar-refractivity contribution in [1.82, 2.24) is 24.7 Å². The van der Waals surface area contributed by atoms with Crippen LogP contribution in [-0.2, 0) is 11.3 Å². The Morgan fingerprint density at radius 2 is 2.42 bits per heavy atom. The number of aromatic nitrogens is 5. The van der Waals surface area contributed by atoms with Crippen molar-refractivity contribution in [2.75, 3.05) is 5.32 Å². The molecule has 2 heterocycles. The minimum Gasteiger partial charge on any atom is -0.358 e. The van der Waals surface area contributed by atoms with E-state index in [4.69, 9.17) is 0 Å². The molecule has 0 saturated heterocycles. The fraction of sp³-hybridized carbons (Fsp3) is 0.333. The fourth-order valence-electron chi connectivity index (χ4n) is 1.38. The third-order valence-electron chi connectivity index (χ3n) is 2.25. The van der Waals surface area contributed by atoms with E-state index in [0.717, 1.165) is 0 Å². The molecule has 2 aromatic heterocycles. The zero-order chi connectivity index (χ0) is 13.8. The summed E-state index contributed by atoms with van der Waals surface area (Å²) in [7, 11) is 0. The molecule has 100 valence electrons. The summed E-state index contributed by atoms with van der Waals surface area (Å²) in [5, 5.41) is 19.3. The Kier molecular flexibility index (Phi) is 3.50. The first-order valence-electron chi connectivity index (χ1n) is 5.39. The van der Waals surface area contributed by atoms with Gasteiger partial charge in [0.15, 0.2) is 0 Å². The predicted molar refractivity (Wildman–Crippen MR) is 63.2 cm³/mol. The molecule has 0 fully saturated rings. The number of rotatable bonds is 5. The molecule has 2 aromatic rings. The highest BCUT2D eigenvalue weighted by molar-refractivity contribution is 5.88. The number of aromatic amines is 1. The van der Waals surface area contributed by atoms with Gasteiger partial charge in [0, 0.05) is 13.0 Å². The zero-order valence-electron chi connectivity index (χ0n) is 10.0. The lowest BCUT2D eigenvalue weighted by Gasteiger charge is -2.00. The summed E-state index contributed by atoms with van der Waals surface area (Å²) in [6, 6.07) is 0. The number of hydrogen-bond donors (Lipinski definition) is 2. The van der Waals surface area contributed by atoms with Crippen molar-refractivity contribution in [3.8, 4) is 0 Å². The molecule has 0 aliphatic rings. The van der Waals surface area contributed by atoms with Crippen LogP contribution in [0.2, 0.25) is 0 Å². The molecule has 0 unspecified atom stereocenters. The fourth-order valence-corrected chi connectivity index (χ4v) is 1.38. The second-order valence-corrected chi connectivity index (χ2v) is 3.77.